The molecule has 0 saturated heterocycles. The average molecular weight is 555 g/mol. The number of likely N-dealkylation sites (N-methyl/N-ethyl adjacent to an activating group) is 1. The zero-order valence-corrected chi connectivity index (χ0v) is 22.0. The Balaban J connectivity index is 2.51. The number of halogens is 4. The van der Waals surface area contributed by atoms with E-state index in [0.717, 1.165) is 10.6 Å². The van der Waals surface area contributed by atoms with Crippen LogP contribution >= 0.6 is 46.4 Å². The number of amides is 2. The lowest BCUT2D eigenvalue weighted by atomic mass is 10.1. The molecule has 33 heavy (non-hydrogen) atoms. The molecule has 0 unspecified atom stereocenters. The lowest BCUT2D eigenvalue weighted by molar-refractivity contribution is -0.140. The number of nitrogens with zero attached hydrogens (tertiary/aromatic N) is 2. The highest BCUT2D eigenvalue weighted by Gasteiger charge is 2.32. The van der Waals surface area contributed by atoms with Gasteiger partial charge in [0, 0.05) is 29.2 Å². The van der Waals surface area contributed by atoms with E-state index in [1.807, 2.05) is 0 Å². The first kappa shape index (κ1) is 27.5. The summed E-state index contributed by atoms with van der Waals surface area (Å²) in [6.45, 7) is 1.07. The van der Waals surface area contributed by atoms with Crippen molar-refractivity contribution in [1.29, 1.82) is 0 Å². The molecular weight excluding hydrogens is 532 g/mol. The van der Waals surface area contributed by atoms with Gasteiger partial charge in [0.25, 0.3) is 0 Å². The summed E-state index contributed by atoms with van der Waals surface area (Å²) in [4.78, 5) is 27.3. The molecule has 0 aromatic heterocycles. The summed E-state index contributed by atoms with van der Waals surface area (Å²) in [5.74, 6) is -1.03. The lowest BCUT2D eigenvalue weighted by Crippen LogP contribution is -2.51. The molecule has 0 aliphatic heterocycles. The third-order valence-corrected chi connectivity index (χ3v) is 7.48. The summed E-state index contributed by atoms with van der Waals surface area (Å²) in [6, 6.07) is 8.23. The molecule has 2 amide bonds. The van der Waals surface area contributed by atoms with Crippen molar-refractivity contribution in [3.05, 3.63) is 62.1 Å². The fourth-order valence-corrected chi connectivity index (χ4v) is 4.84. The van der Waals surface area contributed by atoms with E-state index in [4.69, 9.17) is 46.4 Å². The topological polar surface area (TPSA) is 86.8 Å². The molecule has 1 N–H and O–H groups in total. The van der Waals surface area contributed by atoms with E-state index in [0.29, 0.717) is 15.6 Å². The van der Waals surface area contributed by atoms with Gasteiger partial charge in [-0.2, -0.15) is 0 Å². The number of rotatable bonds is 9. The third kappa shape index (κ3) is 6.90. The van der Waals surface area contributed by atoms with E-state index in [1.54, 1.807) is 25.1 Å². The van der Waals surface area contributed by atoms with Gasteiger partial charge in [-0.15, -0.1) is 0 Å². The quantitative estimate of drug-likeness (QED) is 0.490. The molecule has 0 spiro atoms. The molecule has 0 fully saturated rings. The van der Waals surface area contributed by atoms with E-state index in [9.17, 15) is 18.0 Å². The summed E-state index contributed by atoms with van der Waals surface area (Å²) in [6.07, 6.45) is 1.24. The van der Waals surface area contributed by atoms with Gasteiger partial charge in [0.05, 0.1) is 22.0 Å². The predicted molar refractivity (Wildman–Crippen MR) is 134 cm³/mol. The minimum Gasteiger partial charge on any atom is -0.357 e. The Morgan fingerprint density at radius 1 is 1.00 bits per heavy atom. The number of hydrogen-bond donors (Lipinski definition) is 1. The number of carbonyl (C=O) groups is 2. The van der Waals surface area contributed by atoms with Crippen molar-refractivity contribution in [3.63, 3.8) is 0 Å². The SMILES string of the molecule is CC[C@@H](C(=O)NC)N(Cc1c(Cl)cccc1Cl)C(=O)CN(c1ccc(Cl)c(Cl)c1)S(C)(=O)=O. The molecule has 1 atom stereocenters. The lowest BCUT2D eigenvalue weighted by Gasteiger charge is -2.33. The summed E-state index contributed by atoms with van der Waals surface area (Å²) < 4.78 is 26.0. The van der Waals surface area contributed by atoms with Gasteiger partial charge >= 0.3 is 0 Å². The van der Waals surface area contributed by atoms with Crippen molar-refractivity contribution in [3.8, 4) is 0 Å². The fraction of sp³-hybridized carbons (Fsp3) is 0.333. The Kier molecular flexibility index (Phi) is 9.70. The molecule has 0 radical (unpaired) electrons. The van der Waals surface area contributed by atoms with Gasteiger partial charge in [0.1, 0.15) is 12.6 Å². The summed E-state index contributed by atoms with van der Waals surface area (Å²) in [7, 11) is -2.44. The van der Waals surface area contributed by atoms with E-state index in [2.05, 4.69) is 5.32 Å². The smallest absolute Gasteiger partial charge is 0.244 e. The second kappa shape index (κ2) is 11.6. The fourth-order valence-electron chi connectivity index (χ4n) is 3.19. The zero-order valence-electron chi connectivity index (χ0n) is 18.1. The van der Waals surface area contributed by atoms with E-state index in [1.165, 1.54) is 30.1 Å². The average Bonchev–Trinajstić information content (AvgIpc) is 2.74. The number of hydrogen-bond acceptors (Lipinski definition) is 4. The number of anilines is 1. The normalized spacial score (nSPS) is 12.2. The maximum Gasteiger partial charge on any atom is 0.244 e. The van der Waals surface area contributed by atoms with Gasteiger partial charge in [-0.1, -0.05) is 59.4 Å². The maximum absolute atomic E-state index is 13.5. The Morgan fingerprint density at radius 2 is 1.61 bits per heavy atom. The van der Waals surface area contributed by atoms with Crippen LogP contribution in [-0.4, -0.2) is 51.0 Å². The summed E-state index contributed by atoms with van der Waals surface area (Å²) >= 11 is 24.6. The molecule has 2 rings (SSSR count). The summed E-state index contributed by atoms with van der Waals surface area (Å²) in [5, 5.41) is 3.53. The van der Waals surface area contributed by atoms with Gasteiger partial charge in [-0.05, 0) is 36.8 Å². The van der Waals surface area contributed by atoms with Crippen LogP contribution in [-0.2, 0) is 26.2 Å². The van der Waals surface area contributed by atoms with Gasteiger partial charge < -0.3 is 10.2 Å². The molecule has 0 bridgehead atoms. The highest BCUT2D eigenvalue weighted by molar-refractivity contribution is 7.92. The van der Waals surface area contributed by atoms with Gasteiger partial charge in [-0.3, -0.25) is 13.9 Å². The van der Waals surface area contributed by atoms with E-state index >= 15 is 0 Å². The second-order valence-electron chi connectivity index (χ2n) is 7.13. The van der Waals surface area contributed by atoms with Crippen molar-refractivity contribution in [2.24, 2.45) is 0 Å². The van der Waals surface area contributed by atoms with Gasteiger partial charge in [0.15, 0.2) is 0 Å². The predicted octanol–water partition coefficient (Wildman–Crippen LogP) is 4.62. The van der Waals surface area contributed by atoms with Crippen LogP contribution in [0.2, 0.25) is 20.1 Å². The van der Waals surface area contributed by atoms with Crippen molar-refractivity contribution >= 4 is 73.9 Å². The van der Waals surface area contributed by atoms with Crippen LogP contribution < -0.4 is 9.62 Å². The Hall–Kier alpha value is -1.71. The van der Waals surface area contributed by atoms with Crippen molar-refractivity contribution in [1.82, 2.24) is 10.2 Å². The van der Waals surface area contributed by atoms with Crippen molar-refractivity contribution in [2.45, 2.75) is 25.9 Å². The number of sulfonamides is 1. The molecule has 2 aromatic carbocycles. The van der Waals surface area contributed by atoms with Crippen LogP contribution in [0, 0.1) is 0 Å². The number of benzene rings is 2. The Bertz CT molecular complexity index is 1120. The van der Waals surface area contributed by atoms with E-state index in [-0.39, 0.29) is 28.7 Å². The van der Waals surface area contributed by atoms with E-state index < -0.39 is 34.4 Å². The molecule has 12 heteroatoms. The first-order valence-corrected chi connectivity index (χ1v) is 13.1. The molecule has 0 aliphatic carbocycles. The third-order valence-electron chi connectivity index (χ3n) is 4.89. The molecule has 7 nitrogen and oxygen atoms in total. The molecule has 0 saturated carbocycles. The maximum atomic E-state index is 13.5. The minimum atomic E-state index is -3.89. The Morgan fingerprint density at radius 3 is 2.09 bits per heavy atom. The highest BCUT2D eigenvalue weighted by atomic mass is 35.5. The molecule has 2 aromatic rings. The van der Waals surface area contributed by atoms with Crippen LogP contribution in [0.25, 0.3) is 0 Å². The molecular formula is C21H23Cl4N3O4S. The van der Waals surface area contributed by atoms with Gasteiger partial charge in [-0.25, -0.2) is 8.42 Å². The zero-order chi connectivity index (χ0) is 24.9. The van der Waals surface area contributed by atoms with Crippen molar-refractivity contribution in [2.75, 3.05) is 24.2 Å². The standard InChI is InChI=1S/C21H23Cl4N3O4S/c1-4-19(21(30)26-2)27(11-14-15(22)6-5-7-16(14)23)20(29)12-28(33(3,31)32)13-8-9-17(24)18(25)10-13/h5-10,19H,4,11-12H2,1-3H3,(H,26,30)/t19-/m0/s1. The molecule has 0 aliphatic rings. The van der Waals surface area contributed by atoms with Crippen molar-refractivity contribution < 1.29 is 18.0 Å². The second-order valence-corrected chi connectivity index (χ2v) is 10.7. The number of carbonyl (C=O) groups excluding carboxylic acids is 2. The van der Waals surface area contributed by atoms with Crippen LogP contribution in [0.3, 0.4) is 0 Å². The molecule has 180 valence electrons. The van der Waals surface area contributed by atoms with Crippen LogP contribution in [0.5, 0.6) is 0 Å². The largest absolute Gasteiger partial charge is 0.357 e. The monoisotopic (exact) mass is 553 g/mol. The molecule has 0 heterocycles. The Labute approximate surface area is 213 Å². The first-order valence-electron chi connectivity index (χ1n) is 9.77. The van der Waals surface area contributed by atoms with Gasteiger partial charge in [0.2, 0.25) is 21.8 Å². The first-order chi connectivity index (χ1) is 15.4. The van der Waals surface area contributed by atoms with Crippen LogP contribution in [0.15, 0.2) is 36.4 Å². The minimum absolute atomic E-state index is 0.0950. The summed E-state index contributed by atoms with van der Waals surface area (Å²) in [5.41, 5.74) is 0.598. The van der Waals surface area contributed by atoms with Crippen LogP contribution in [0.1, 0.15) is 18.9 Å². The number of nitrogens with one attached hydrogen (secondary N) is 1. The van der Waals surface area contributed by atoms with Crippen LogP contribution in [0.4, 0.5) is 5.69 Å². The highest BCUT2D eigenvalue weighted by Crippen LogP contribution is 2.30.